The maximum atomic E-state index is 5.60. The molecular formula is C13H19BrN2. The molecule has 0 saturated carbocycles. The van der Waals surface area contributed by atoms with Gasteiger partial charge in [-0.05, 0) is 23.7 Å². The number of hydrogen-bond donors (Lipinski definition) is 1. The van der Waals surface area contributed by atoms with Gasteiger partial charge in [0.25, 0.3) is 0 Å². The van der Waals surface area contributed by atoms with Gasteiger partial charge in [0.15, 0.2) is 0 Å². The molecule has 0 aromatic heterocycles. The van der Waals surface area contributed by atoms with Crippen LogP contribution in [0.15, 0.2) is 35.3 Å². The summed E-state index contributed by atoms with van der Waals surface area (Å²) in [6.07, 6.45) is 1.94. The second-order valence-corrected chi connectivity index (χ2v) is 4.60. The van der Waals surface area contributed by atoms with E-state index in [1.807, 2.05) is 6.08 Å². The molecule has 2 N–H and O–H groups in total. The van der Waals surface area contributed by atoms with Crippen LogP contribution in [0.25, 0.3) is 0 Å². The van der Waals surface area contributed by atoms with Crippen LogP contribution in [-0.2, 0) is 13.1 Å². The highest BCUT2D eigenvalue weighted by atomic mass is 79.9. The van der Waals surface area contributed by atoms with Gasteiger partial charge in [-0.2, -0.15) is 0 Å². The van der Waals surface area contributed by atoms with E-state index >= 15 is 0 Å². The lowest BCUT2D eigenvalue weighted by Crippen LogP contribution is -2.22. The summed E-state index contributed by atoms with van der Waals surface area (Å²) in [6.45, 7) is 9.40. The van der Waals surface area contributed by atoms with Gasteiger partial charge < -0.3 is 5.73 Å². The Bertz CT molecular complexity index is 350. The molecule has 0 fully saturated rings. The lowest BCUT2D eigenvalue weighted by Gasteiger charge is -2.19. The third kappa shape index (κ3) is 3.74. The first-order valence-electron chi connectivity index (χ1n) is 5.51. The highest BCUT2D eigenvalue weighted by Gasteiger charge is 2.05. The van der Waals surface area contributed by atoms with Gasteiger partial charge in [-0.15, -0.1) is 6.58 Å². The second kappa shape index (κ2) is 6.84. The summed E-state index contributed by atoms with van der Waals surface area (Å²) < 4.78 is 1.14. The fourth-order valence-corrected chi connectivity index (χ4v) is 2.13. The zero-order valence-corrected chi connectivity index (χ0v) is 11.3. The maximum absolute atomic E-state index is 5.60. The minimum atomic E-state index is 0.586. The number of benzene rings is 1. The van der Waals surface area contributed by atoms with E-state index < -0.39 is 0 Å². The van der Waals surface area contributed by atoms with Gasteiger partial charge in [0.1, 0.15) is 0 Å². The second-order valence-electron chi connectivity index (χ2n) is 3.75. The SMILES string of the molecule is C=CCN(CC)Cc1ccc(CN)cc1Br. The molecule has 0 saturated heterocycles. The van der Waals surface area contributed by atoms with Crippen LogP contribution in [0, 0.1) is 0 Å². The van der Waals surface area contributed by atoms with Crippen molar-refractivity contribution in [1.29, 1.82) is 0 Å². The van der Waals surface area contributed by atoms with Gasteiger partial charge in [0.05, 0.1) is 0 Å². The molecule has 0 spiro atoms. The summed E-state index contributed by atoms with van der Waals surface area (Å²) in [6, 6.07) is 6.32. The molecule has 0 atom stereocenters. The van der Waals surface area contributed by atoms with Crippen LogP contribution in [0.3, 0.4) is 0 Å². The molecule has 1 aromatic rings. The first-order chi connectivity index (χ1) is 7.71. The molecule has 0 aliphatic rings. The topological polar surface area (TPSA) is 29.3 Å². The van der Waals surface area contributed by atoms with Gasteiger partial charge in [0.2, 0.25) is 0 Å². The van der Waals surface area contributed by atoms with E-state index in [2.05, 4.69) is 52.5 Å². The fraction of sp³-hybridized carbons (Fsp3) is 0.385. The number of nitrogens with zero attached hydrogens (tertiary/aromatic N) is 1. The summed E-state index contributed by atoms with van der Waals surface area (Å²) in [4.78, 5) is 2.33. The quantitative estimate of drug-likeness (QED) is 0.813. The van der Waals surface area contributed by atoms with Gasteiger partial charge in [0, 0.05) is 24.1 Å². The number of halogens is 1. The maximum Gasteiger partial charge on any atom is 0.0248 e. The highest BCUT2D eigenvalue weighted by molar-refractivity contribution is 9.10. The van der Waals surface area contributed by atoms with Crippen LogP contribution in [0.1, 0.15) is 18.1 Å². The molecule has 3 heteroatoms. The lowest BCUT2D eigenvalue weighted by molar-refractivity contribution is 0.311. The Balaban J connectivity index is 2.76. The van der Waals surface area contributed by atoms with Crippen molar-refractivity contribution in [2.24, 2.45) is 5.73 Å². The average molecular weight is 283 g/mol. The normalized spacial score (nSPS) is 10.8. The zero-order valence-electron chi connectivity index (χ0n) is 9.75. The summed E-state index contributed by atoms with van der Waals surface area (Å²) in [5.74, 6) is 0. The van der Waals surface area contributed by atoms with Crippen molar-refractivity contribution in [2.45, 2.75) is 20.0 Å². The van der Waals surface area contributed by atoms with Crippen LogP contribution in [-0.4, -0.2) is 18.0 Å². The van der Waals surface area contributed by atoms with E-state index in [0.717, 1.165) is 29.7 Å². The smallest absolute Gasteiger partial charge is 0.0248 e. The molecule has 0 amide bonds. The monoisotopic (exact) mass is 282 g/mol. The Labute approximate surface area is 106 Å². The van der Waals surface area contributed by atoms with E-state index in [-0.39, 0.29) is 0 Å². The van der Waals surface area contributed by atoms with Crippen molar-refractivity contribution in [3.05, 3.63) is 46.5 Å². The Hall–Kier alpha value is -0.640. The van der Waals surface area contributed by atoms with Crippen LogP contribution in [0.4, 0.5) is 0 Å². The first-order valence-corrected chi connectivity index (χ1v) is 6.31. The Morgan fingerprint density at radius 2 is 2.25 bits per heavy atom. The number of hydrogen-bond acceptors (Lipinski definition) is 2. The van der Waals surface area contributed by atoms with E-state index in [1.165, 1.54) is 5.56 Å². The molecule has 1 aromatic carbocycles. The largest absolute Gasteiger partial charge is 0.326 e. The Morgan fingerprint density at radius 3 is 2.75 bits per heavy atom. The molecular weight excluding hydrogens is 264 g/mol. The standard InChI is InChI=1S/C13H19BrN2/c1-3-7-16(4-2)10-12-6-5-11(9-15)8-13(12)14/h3,5-6,8H,1,4,7,9-10,15H2,2H3. The van der Waals surface area contributed by atoms with Crippen molar-refractivity contribution in [3.63, 3.8) is 0 Å². The molecule has 0 aliphatic carbocycles. The molecule has 2 nitrogen and oxygen atoms in total. The van der Waals surface area contributed by atoms with E-state index in [0.29, 0.717) is 6.54 Å². The van der Waals surface area contributed by atoms with Crippen LogP contribution in [0.2, 0.25) is 0 Å². The number of rotatable bonds is 6. The van der Waals surface area contributed by atoms with Crippen LogP contribution >= 0.6 is 15.9 Å². The van der Waals surface area contributed by atoms with E-state index in [4.69, 9.17) is 5.73 Å². The molecule has 0 unspecified atom stereocenters. The Kier molecular flexibility index (Phi) is 5.74. The molecule has 0 radical (unpaired) electrons. The average Bonchev–Trinajstić information content (AvgIpc) is 2.30. The van der Waals surface area contributed by atoms with Crippen LogP contribution in [0.5, 0.6) is 0 Å². The van der Waals surface area contributed by atoms with Gasteiger partial charge in [-0.3, -0.25) is 4.90 Å². The fourth-order valence-electron chi connectivity index (χ4n) is 1.57. The summed E-state index contributed by atoms with van der Waals surface area (Å²) >= 11 is 3.59. The predicted octanol–water partition coefficient (Wildman–Crippen LogP) is 2.92. The van der Waals surface area contributed by atoms with Crippen molar-refractivity contribution in [3.8, 4) is 0 Å². The first kappa shape index (κ1) is 13.4. The third-order valence-electron chi connectivity index (χ3n) is 2.58. The van der Waals surface area contributed by atoms with Crippen molar-refractivity contribution >= 4 is 15.9 Å². The van der Waals surface area contributed by atoms with E-state index in [1.54, 1.807) is 0 Å². The minimum absolute atomic E-state index is 0.586. The molecule has 1 rings (SSSR count). The molecule has 0 bridgehead atoms. The molecule has 0 aliphatic heterocycles. The minimum Gasteiger partial charge on any atom is -0.326 e. The molecule has 0 heterocycles. The number of nitrogens with two attached hydrogens (primary N) is 1. The van der Waals surface area contributed by atoms with Crippen molar-refractivity contribution in [1.82, 2.24) is 4.90 Å². The van der Waals surface area contributed by atoms with E-state index in [9.17, 15) is 0 Å². The van der Waals surface area contributed by atoms with Crippen LogP contribution < -0.4 is 5.73 Å². The molecule has 16 heavy (non-hydrogen) atoms. The predicted molar refractivity (Wildman–Crippen MR) is 73.2 cm³/mol. The molecule has 88 valence electrons. The number of likely N-dealkylation sites (N-methyl/N-ethyl adjacent to an activating group) is 1. The van der Waals surface area contributed by atoms with Gasteiger partial charge in [-0.25, -0.2) is 0 Å². The van der Waals surface area contributed by atoms with Gasteiger partial charge in [-0.1, -0.05) is 41.1 Å². The van der Waals surface area contributed by atoms with Crippen molar-refractivity contribution < 1.29 is 0 Å². The highest BCUT2D eigenvalue weighted by Crippen LogP contribution is 2.20. The third-order valence-corrected chi connectivity index (χ3v) is 3.32. The van der Waals surface area contributed by atoms with Gasteiger partial charge >= 0.3 is 0 Å². The Morgan fingerprint density at radius 1 is 1.50 bits per heavy atom. The summed E-state index contributed by atoms with van der Waals surface area (Å²) in [5, 5.41) is 0. The van der Waals surface area contributed by atoms with Crippen molar-refractivity contribution in [2.75, 3.05) is 13.1 Å². The summed E-state index contributed by atoms with van der Waals surface area (Å²) in [7, 11) is 0. The lowest BCUT2D eigenvalue weighted by atomic mass is 10.1. The zero-order chi connectivity index (χ0) is 12.0. The summed E-state index contributed by atoms with van der Waals surface area (Å²) in [5.41, 5.74) is 8.05.